The highest BCUT2D eigenvalue weighted by Gasteiger charge is 2.34. The second-order valence-corrected chi connectivity index (χ2v) is 13.2. The molecule has 214 valence electrons. The molecule has 0 spiro atoms. The number of hydrogen-bond donors (Lipinski definition) is 1. The lowest BCUT2D eigenvalue weighted by atomic mass is 10.1. The van der Waals surface area contributed by atoms with Crippen molar-refractivity contribution in [2.75, 3.05) is 10.8 Å². The molecule has 3 aromatic rings. The molecule has 0 saturated heterocycles. The normalized spacial score (nSPS) is 12.5. The highest BCUT2D eigenvalue weighted by atomic mass is 35.5. The Bertz CT molecular complexity index is 1450. The quantitative estimate of drug-likeness (QED) is 0.330. The van der Waals surface area contributed by atoms with Crippen LogP contribution in [0.4, 0.5) is 5.69 Å². The first kappa shape index (κ1) is 31.2. The van der Waals surface area contributed by atoms with Crippen LogP contribution in [0.5, 0.6) is 0 Å². The van der Waals surface area contributed by atoms with E-state index in [1.54, 1.807) is 61.5 Å². The Balaban J connectivity index is 2.08. The van der Waals surface area contributed by atoms with Gasteiger partial charge in [0.05, 0.1) is 10.6 Å². The molecular formula is C31H38ClN3O4S. The zero-order chi connectivity index (χ0) is 29.7. The Labute approximate surface area is 243 Å². The van der Waals surface area contributed by atoms with Crippen molar-refractivity contribution < 1.29 is 18.0 Å². The van der Waals surface area contributed by atoms with Crippen LogP contribution in [-0.2, 0) is 32.6 Å². The third-order valence-corrected chi connectivity index (χ3v) is 8.45. The molecule has 0 aliphatic carbocycles. The topological polar surface area (TPSA) is 86.8 Å². The van der Waals surface area contributed by atoms with Crippen LogP contribution in [0.1, 0.15) is 51.3 Å². The molecule has 3 rings (SSSR count). The number of para-hydroxylation sites is 1. The third-order valence-electron chi connectivity index (χ3n) is 6.44. The average Bonchev–Trinajstić information content (AvgIpc) is 2.89. The maximum absolute atomic E-state index is 14.1. The number of amides is 2. The van der Waals surface area contributed by atoms with Crippen LogP contribution in [0.3, 0.4) is 0 Å². The Morgan fingerprint density at radius 3 is 2.23 bits per heavy atom. The summed E-state index contributed by atoms with van der Waals surface area (Å²) in [6, 6.07) is 19.8. The van der Waals surface area contributed by atoms with Crippen molar-refractivity contribution in [3.8, 4) is 0 Å². The molecule has 1 N–H and O–H groups in total. The molecule has 0 saturated carbocycles. The number of hydrogen-bond acceptors (Lipinski definition) is 4. The predicted molar refractivity (Wildman–Crippen MR) is 161 cm³/mol. The molecule has 0 aromatic heterocycles. The smallest absolute Gasteiger partial charge is 0.264 e. The van der Waals surface area contributed by atoms with Crippen LogP contribution in [0.25, 0.3) is 0 Å². The Hall–Kier alpha value is -3.36. The summed E-state index contributed by atoms with van der Waals surface area (Å²) in [5.41, 5.74) is 2.33. The zero-order valence-electron chi connectivity index (χ0n) is 23.9. The van der Waals surface area contributed by atoms with Crippen molar-refractivity contribution in [1.29, 1.82) is 0 Å². The minimum Gasteiger partial charge on any atom is -0.350 e. The summed E-state index contributed by atoms with van der Waals surface area (Å²) in [6.45, 7) is 10.6. The van der Waals surface area contributed by atoms with Gasteiger partial charge in [-0.3, -0.25) is 13.9 Å². The van der Waals surface area contributed by atoms with Gasteiger partial charge in [0, 0.05) is 17.1 Å². The summed E-state index contributed by atoms with van der Waals surface area (Å²) in [4.78, 5) is 28.8. The fraction of sp³-hybridized carbons (Fsp3) is 0.355. The molecule has 2 amide bonds. The first-order valence-corrected chi connectivity index (χ1v) is 15.1. The van der Waals surface area contributed by atoms with Gasteiger partial charge in [0.25, 0.3) is 10.0 Å². The number of carbonyl (C=O) groups is 2. The van der Waals surface area contributed by atoms with Gasteiger partial charge in [0.2, 0.25) is 11.8 Å². The molecule has 0 radical (unpaired) electrons. The van der Waals surface area contributed by atoms with Crippen molar-refractivity contribution in [3.63, 3.8) is 0 Å². The second kappa shape index (κ2) is 12.9. The van der Waals surface area contributed by atoms with E-state index >= 15 is 0 Å². The maximum atomic E-state index is 14.1. The lowest BCUT2D eigenvalue weighted by Gasteiger charge is -2.34. The summed E-state index contributed by atoms with van der Waals surface area (Å²) < 4.78 is 29.2. The number of benzene rings is 3. The van der Waals surface area contributed by atoms with Crippen molar-refractivity contribution in [2.45, 2.75) is 71.0 Å². The van der Waals surface area contributed by atoms with E-state index in [0.717, 1.165) is 21.0 Å². The number of carbonyl (C=O) groups excluding carboxylic acids is 2. The summed E-state index contributed by atoms with van der Waals surface area (Å²) in [5.74, 6) is -0.858. The minimum absolute atomic E-state index is 0.0754. The van der Waals surface area contributed by atoms with Gasteiger partial charge in [0.1, 0.15) is 12.6 Å². The van der Waals surface area contributed by atoms with Crippen molar-refractivity contribution in [3.05, 3.63) is 94.5 Å². The molecule has 0 aliphatic heterocycles. The average molecular weight is 584 g/mol. The van der Waals surface area contributed by atoms with Crippen LogP contribution in [0, 0.1) is 6.92 Å². The van der Waals surface area contributed by atoms with Crippen molar-refractivity contribution >= 4 is 39.1 Å². The minimum atomic E-state index is -4.12. The van der Waals surface area contributed by atoms with Crippen LogP contribution in [-0.4, -0.2) is 43.3 Å². The van der Waals surface area contributed by atoms with Crippen LogP contribution >= 0.6 is 11.6 Å². The van der Waals surface area contributed by atoms with Crippen molar-refractivity contribution in [1.82, 2.24) is 10.2 Å². The summed E-state index contributed by atoms with van der Waals surface area (Å²) >= 11 is 6.20. The van der Waals surface area contributed by atoms with Crippen LogP contribution in [0.2, 0.25) is 5.02 Å². The molecule has 1 atom stereocenters. The standard InChI is InChI=1S/C31H38ClN3O4S/c1-7-25-12-8-9-14-28(25)35(40(38,39)27-17-15-22(2)16-18-27)21-29(36)34(20-24-11-10-13-26(32)19-24)23(3)30(37)33-31(4,5)6/h8-19,23H,7,20-21H2,1-6H3,(H,33,37). The second-order valence-electron chi connectivity index (χ2n) is 10.9. The third kappa shape index (κ3) is 7.86. The largest absolute Gasteiger partial charge is 0.350 e. The van der Waals surface area contributed by atoms with Crippen LogP contribution < -0.4 is 9.62 Å². The number of nitrogens with one attached hydrogen (secondary N) is 1. The molecule has 9 heteroatoms. The van der Waals surface area contributed by atoms with E-state index in [4.69, 9.17) is 11.6 Å². The monoisotopic (exact) mass is 583 g/mol. The molecule has 3 aromatic carbocycles. The van der Waals surface area contributed by atoms with Crippen LogP contribution in [0.15, 0.2) is 77.7 Å². The Morgan fingerprint density at radius 1 is 0.975 bits per heavy atom. The SMILES string of the molecule is CCc1ccccc1N(CC(=O)N(Cc1cccc(Cl)c1)C(C)C(=O)NC(C)(C)C)S(=O)(=O)c1ccc(C)cc1. The Morgan fingerprint density at radius 2 is 1.62 bits per heavy atom. The lowest BCUT2D eigenvalue weighted by Crippen LogP contribution is -2.54. The number of halogens is 1. The van der Waals surface area contributed by atoms with Gasteiger partial charge < -0.3 is 10.2 Å². The highest BCUT2D eigenvalue weighted by Crippen LogP contribution is 2.28. The molecular weight excluding hydrogens is 546 g/mol. The first-order chi connectivity index (χ1) is 18.7. The number of aryl methyl sites for hydroxylation is 2. The molecule has 7 nitrogen and oxygen atoms in total. The van der Waals surface area contributed by atoms with Crippen molar-refractivity contribution in [2.24, 2.45) is 0 Å². The van der Waals surface area contributed by atoms with Gasteiger partial charge in [0.15, 0.2) is 0 Å². The van der Waals surface area contributed by atoms with Gasteiger partial charge in [-0.25, -0.2) is 8.42 Å². The number of anilines is 1. The Kier molecular flexibility index (Phi) is 10.0. The fourth-order valence-electron chi connectivity index (χ4n) is 4.29. The predicted octanol–water partition coefficient (Wildman–Crippen LogP) is 5.74. The molecule has 1 unspecified atom stereocenters. The van der Waals surface area contributed by atoms with E-state index in [9.17, 15) is 18.0 Å². The summed E-state index contributed by atoms with van der Waals surface area (Å²) in [7, 11) is -4.12. The van der Waals surface area contributed by atoms with E-state index in [1.807, 2.05) is 52.8 Å². The molecule has 0 aliphatic rings. The fourth-order valence-corrected chi connectivity index (χ4v) is 5.96. The van der Waals surface area contributed by atoms with E-state index in [0.29, 0.717) is 17.1 Å². The maximum Gasteiger partial charge on any atom is 0.264 e. The first-order valence-electron chi connectivity index (χ1n) is 13.3. The number of sulfonamides is 1. The number of rotatable bonds is 10. The van der Waals surface area contributed by atoms with Gasteiger partial charge in [-0.2, -0.15) is 0 Å². The van der Waals surface area contributed by atoms with E-state index in [-0.39, 0.29) is 17.3 Å². The van der Waals surface area contributed by atoms with E-state index in [2.05, 4.69) is 5.32 Å². The number of nitrogens with zero attached hydrogens (tertiary/aromatic N) is 2. The molecule has 0 fully saturated rings. The molecule has 0 heterocycles. The summed E-state index contributed by atoms with van der Waals surface area (Å²) in [5, 5.41) is 3.42. The lowest BCUT2D eigenvalue weighted by molar-refractivity contribution is -0.140. The molecule has 40 heavy (non-hydrogen) atoms. The van der Waals surface area contributed by atoms with E-state index in [1.165, 1.54) is 4.90 Å². The zero-order valence-corrected chi connectivity index (χ0v) is 25.5. The van der Waals surface area contributed by atoms with E-state index < -0.39 is 34.1 Å². The van der Waals surface area contributed by atoms with Gasteiger partial charge in [-0.05, 0) is 82.5 Å². The highest BCUT2D eigenvalue weighted by molar-refractivity contribution is 7.92. The molecule has 0 bridgehead atoms. The van der Waals surface area contributed by atoms with Gasteiger partial charge in [-0.15, -0.1) is 0 Å². The summed E-state index contributed by atoms with van der Waals surface area (Å²) in [6.07, 6.45) is 0.570. The van der Waals surface area contributed by atoms with Gasteiger partial charge >= 0.3 is 0 Å². The van der Waals surface area contributed by atoms with Gasteiger partial charge in [-0.1, -0.05) is 66.6 Å².